The number of para-hydroxylation sites is 1. The number of carbonyl (C=O) groups excluding carboxylic acids is 1. The minimum atomic E-state index is -0.0445. The van der Waals surface area contributed by atoms with E-state index in [-0.39, 0.29) is 17.2 Å². The van der Waals surface area contributed by atoms with Crippen molar-refractivity contribution in [2.24, 2.45) is 5.92 Å². The average molecular weight is 270 g/mol. The van der Waals surface area contributed by atoms with E-state index in [1.165, 1.54) is 11.3 Å². The molecular weight excluding hydrogens is 248 g/mol. The van der Waals surface area contributed by atoms with Crippen LogP contribution in [-0.2, 0) is 10.2 Å². The highest BCUT2D eigenvalue weighted by Crippen LogP contribution is 2.52. The van der Waals surface area contributed by atoms with E-state index in [0.29, 0.717) is 0 Å². The lowest BCUT2D eigenvalue weighted by molar-refractivity contribution is -0.141. The molecule has 3 rings (SSSR count). The Morgan fingerprint density at radius 2 is 2.00 bits per heavy atom. The highest BCUT2D eigenvalue weighted by atomic mass is 16.2. The summed E-state index contributed by atoms with van der Waals surface area (Å²) in [6.45, 7) is 12.9. The number of hydrogen-bond donors (Lipinski definition) is 0. The second-order valence-corrected chi connectivity index (χ2v) is 6.14. The van der Waals surface area contributed by atoms with Crippen molar-refractivity contribution in [1.29, 1.82) is 0 Å². The Kier molecular flexibility index (Phi) is 2.89. The van der Waals surface area contributed by atoms with Crippen molar-refractivity contribution in [3.63, 3.8) is 0 Å². The number of benzene rings is 1. The van der Waals surface area contributed by atoms with E-state index >= 15 is 0 Å². The molecule has 3 nitrogen and oxygen atoms in total. The Morgan fingerprint density at radius 1 is 1.35 bits per heavy atom. The number of hydrogen-bond acceptors (Lipinski definition) is 2. The molecule has 1 saturated heterocycles. The lowest BCUT2D eigenvalue weighted by atomic mass is 9.73. The van der Waals surface area contributed by atoms with Crippen molar-refractivity contribution in [3.8, 4) is 0 Å². The SMILES string of the molecule is C=C1N(CC)c2ccccc2C12CN(C(=O)C(C)C)C2. The first-order chi connectivity index (χ1) is 9.51. The molecule has 0 unspecified atom stereocenters. The van der Waals surface area contributed by atoms with Gasteiger partial charge in [-0.05, 0) is 18.6 Å². The summed E-state index contributed by atoms with van der Waals surface area (Å²) in [5.41, 5.74) is 3.70. The van der Waals surface area contributed by atoms with E-state index in [2.05, 4.69) is 42.7 Å². The van der Waals surface area contributed by atoms with Gasteiger partial charge in [-0.25, -0.2) is 0 Å². The van der Waals surface area contributed by atoms with E-state index < -0.39 is 0 Å². The van der Waals surface area contributed by atoms with Crippen LogP contribution < -0.4 is 4.90 Å². The van der Waals surface area contributed by atoms with E-state index in [9.17, 15) is 4.79 Å². The van der Waals surface area contributed by atoms with Gasteiger partial charge in [0.2, 0.25) is 5.91 Å². The van der Waals surface area contributed by atoms with Gasteiger partial charge in [0.15, 0.2) is 0 Å². The first kappa shape index (κ1) is 13.2. The number of amides is 1. The molecule has 0 aromatic heterocycles. The lowest BCUT2D eigenvalue weighted by Gasteiger charge is -2.50. The van der Waals surface area contributed by atoms with Crippen molar-refractivity contribution in [3.05, 3.63) is 42.1 Å². The van der Waals surface area contributed by atoms with Gasteiger partial charge in [0.25, 0.3) is 0 Å². The van der Waals surface area contributed by atoms with Crippen LogP contribution in [0.25, 0.3) is 0 Å². The lowest BCUT2D eigenvalue weighted by Crippen LogP contribution is -2.62. The fraction of sp³-hybridized carbons (Fsp3) is 0.471. The molecular formula is C17H22N2O. The second-order valence-electron chi connectivity index (χ2n) is 6.14. The third-order valence-corrected chi connectivity index (χ3v) is 4.63. The van der Waals surface area contributed by atoms with Gasteiger partial charge in [0, 0.05) is 36.9 Å². The molecule has 20 heavy (non-hydrogen) atoms. The largest absolute Gasteiger partial charge is 0.345 e. The van der Waals surface area contributed by atoms with Crippen LogP contribution in [0.1, 0.15) is 26.3 Å². The molecule has 0 aliphatic carbocycles. The fourth-order valence-electron chi connectivity index (χ4n) is 3.51. The molecule has 106 valence electrons. The zero-order chi connectivity index (χ0) is 14.5. The maximum absolute atomic E-state index is 12.1. The van der Waals surface area contributed by atoms with Gasteiger partial charge in [-0.15, -0.1) is 0 Å². The number of likely N-dealkylation sites (N-methyl/N-ethyl adjacent to an activating group) is 1. The third-order valence-electron chi connectivity index (χ3n) is 4.63. The highest BCUT2D eigenvalue weighted by Gasteiger charge is 2.54. The van der Waals surface area contributed by atoms with E-state index in [1.54, 1.807) is 0 Å². The van der Waals surface area contributed by atoms with E-state index in [0.717, 1.165) is 25.3 Å². The summed E-state index contributed by atoms with van der Waals surface area (Å²) in [6, 6.07) is 8.50. The fourth-order valence-corrected chi connectivity index (χ4v) is 3.51. The van der Waals surface area contributed by atoms with Gasteiger partial charge >= 0.3 is 0 Å². The molecule has 0 N–H and O–H groups in total. The topological polar surface area (TPSA) is 23.6 Å². The predicted octanol–water partition coefficient (Wildman–Crippen LogP) is 2.78. The van der Waals surface area contributed by atoms with Crippen LogP contribution in [0.5, 0.6) is 0 Å². The molecule has 0 atom stereocenters. The molecule has 1 aromatic carbocycles. The second kappa shape index (κ2) is 4.37. The first-order valence-corrected chi connectivity index (χ1v) is 7.36. The Bertz CT molecular complexity index is 570. The Balaban J connectivity index is 1.93. The van der Waals surface area contributed by atoms with Crippen LogP contribution in [0.15, 0.2) is 36.5 Å². The van der Waals surface area contributed by atoms with E-state index in [4.69, 9.17) is 0 Å². The van der Waals surface area contributed by atoms with Crippen LogP contribution in [-0.4, -0.2) is 30.4 Å². The monoisotopic (exact) mass is 270 g/mol. The average Bonchev–Trinajstić information content (AvgIpc) is 2.64. The minimum Gasteiger partial charge on any atom is -0.345 e. The summed E-state index contributed by atoms with van der Waals surface area (Å²) >= 11 is 0. The molecule has 1 aromatic rings. The first-order valence-electron chi connectivity index (χ1n) is 7.36. The number of rotatable bonds is 2. The predicted molar refractivity (Wildman–Crippen MR) is 81.7 cm³/mol. The van der Waals surface area contributed by atoms with Crippen molar-refractivity contribution in [2.75, 3.05) is 24.5 Å². The standard InChI is InChI=1S/C17H22N2O/c1-5-19-13(4)17(14-8-6-7-9-15(14)19)10-18(11-17)16(20)12(2)3/h6-9,12H,4-5,10-11H2,1-3H3. The molecule has 3 heteroatoms. The Morgan fingerprint density at radius 3 is 2.60 bits per heavy atom. The molecule has 0 bridgehead atoms. The van der Waals surface area contributed by atoms with Gasteiger partial charge in [-0.1, -0.05) is 38.6 Å². The third kappa shape index (κ3) is 1.55. The van der Waals surface area contributed by atoms with E-state index in [1.807, 2.05) is 18.7 Å². The summed E-state index contributed by atoms with van der Waals surface area (Å²) in [6.07, 6.45) is 0. The maximum atomic E-state index is 12.1. The van der Waals surface area contributed by atoms with Gasteiger partial charge in [-0.2, -0.15) is 0 Å². The number of carbonyl (C=O) groups is 1. The van der Waals surface area contributed by atoms with Crippen LogP contribution in [0.2, 0.25) is 0 Å². The summed E-state index contributed by atoms with van der Waals surface area (Å²) < 4.78 is 0. The number of likely N-dealkylation sites (tertiary alicyclic amines) is 1. The molecule has 2 heterocycles. The highest BCUT2D eigenvalue weighted by molar-refractivity contribution is 5.82. The van der Waals surface area contributed by atoms with Crippen molar-refractivity contribution in [2.45, 2.75) is 26.2 Å². The maximum Gasteiger partial charge on any atom is 0.225 e. The zero-order valence-corrected chi connectivity index (χ0v) is 12.5. The van der Waals surface area contributed by atoms with Crippen molar-refractivity contribution < 1.29 is 4.79 Å². The van der Waals surface area contributed by atoms with Gasteiger partial charge in [-0.3, -0.25) is 4.79 Å². The van der Waals surface area contributed by atoms with Crippen LogP contribution in [0.3, 0.4) is 0 Å². The van der Waals surface area contributed by atoms with Gasteiger partial charge in [0.05, 0.1) is 5.41 Å². The van der Waals surface area contributed by atoms with Gasteiger partial charge < -0.3 is 9.80 Å². The normalized spacial score (nSPS) is 19.5. The van der Waals surface area contributed by atoms with Crippen molar-refractivity contribution in [1.82, 2.24) is 4.90 Å². The Labute approximate surface area is 120 Å². The summed E-state index contributed by atoms with van der Waals surface area (Å²) in [4.78, 5) is 16.4. The van der Waals surface area contributed by atoms with Crippen molar-refractivity contribution >= 4 is 11.6 Å². The number of anilines is 1. The molecule has 2 aliphatic heterocycles. The molecule has 0 radical (unpaired) electrons. The van der Waals surface area contributed by atoms with Crippen LogP contribution in [0, 0.1) is 5.92 Å². The van der Waals surface area contributed by atoms with Gasteiger partial charge in [0.1, 0.15) is 0 Å². The Hall–Kier alpha value is -1.77. The quantitative estimate of drug-likeness (QED) is 0.825. The van der Waals surface area contributed by atoms with Crippen LogP contribution in [0.4, 0.5) is 5.69 Å². The molecule has 1 spiro atoms. The summed E-state index contributed by atoms with van der Waals surface area (Å²) in [5.74, 6) is 0.315. The number of fused-ring (bicyclic) bond motifs is 2. The smallest absolute Gasteiger partial charge is 0.225 e. The molecule has 0 saturated carbocycles. The number of nitrogens with zero attached hydrogens (tertiary/aromatic N) is 2. The molecule has 2 aliphatic rings. The minimum absolute atomic E-state index is 0.0445. The molecule has 1 amide bonds. The summed E-state index contributed by atoms with van der Waals surface area (Å²) in [7, 11) is 0. The summed E-state index contributed by atoms with van der Waals surface area (Å²) in [5, 5.41) is 0. The zero-order valence-electron chi connectivity index (χ0n) is 12.5. The van der Waals surface area contributed by atoms with Crippen LogP contribution >= 0.6 is 0 Å². The molecule has 1 fully saturated rings.